The van der Waals surface area contributed by atoms with Crippen LogP contribution in [0.4, 0.5) is 17.2 Å². The molecule has 0 radical (unpaired) electrons. The number of β-amino-alcohol motifs (C(OH)–C–C–N with tert-alkyl or cyclic N) is 1. The van der Waals surface area contributed by atoms with Crippen LogP contribution in [0.15, 0.2) is 90.0 Å². The molecule has 1 aliphatic carbocycles. The van der Waals surface area contributed by atoms with Crippen LogP contribution in [0.25, 0.3) is 17.1 Å². The summed E-state index contributed by atoms with van der Waals surface area (Å²) in [6, 6.07) is 18.0. The molecule has 406 valence electrons. The third-order valence-electron chi connectivity index (χ3n) is 16.0. The topological polar surface area (TPSA) is 249 Å². The van der Waals surface area contributed by atoms with Gasteiger partial charge < -0.3 is 54.7 Å². The number of carbonyl (C=O) groups is 2. The van der Waals surface area contributed by atoms with Crippen LogP contribution >= 0.6 is 0 Å². The van der Waals surface area contributed by atoms with Crippen molar-refractivity contribution in [1.29, 1.82) is 0 Å². The zero-order chi connectivity index (χ0) is 53.3. The maximum absolute atomic E-state index is 14.2. The third kappa shape index (κ3) is 11.2. The summed E-state index contributed by atoms with van der Waals surface area (Å²) in [5.74, 6) is 1.77. The number of phenols is 1. The molecule has 5 aromatic heterocycles. The number of amides is 2. The molecule has 1 aromatic carbocycles. The number of likely N-dealkylation sites (tertiary alicyclic amines) is 2. The first-order valence-electron chi connectivity index (χ1n) is 27.1. The van der Waals surface area contributed by atoms with E-state index in [1.54, 1.807) is 30.6 Å². The van der Waals surface area contributed by atoms with Crippen LogP contribution in [0.3, 0.4) is 0 Å². The van der Waals surface area contributed by atoms with Crippen LogP contribution in [0, 0.1) is 12.8 Å². The van der Waals surface area contributed by atoms with Gasteiger partial charge in [-0.1, -0.05) is 32.0 Å². The van der Waals surface area contributed by atoms with E-state index >= 15 is 0 Å². The van der Waals surface area contributed by atoms with E-state index in [0.717, 1.165) is 93.3 Å². The second kappa shape index (κ2) is 22.3. The van der Waals surface area contributed by atoms with Gasteiger partial charge in [0.05, 0.1) is 35.7 Å². The highest BCUT2D eigenvalue weighted by molar-refractivity contribution is 5.91. The number of anilines is 3. The van der Waals surface area contributed by atoms with Crippen LogP contribution in [-0.2, 0) is 14.3 Å². The summed E-state index contributed by atoms with van der Waals surface area (Å²) >= 11 is 0. The van der Waals surface area contributed by atoms with Crippen LogP contribution < -0.4 is 30.3 Å². The molecule has 2 amide bonds. The van der Waals surface area contributed by atoms with Crippen LogP contribution in [-0.4, -0.2) is 155 Å². The Hall–Kier alpha value is -7.36. The van der Waals surface area contributed by atoms with E-state index in [2.05, 4.69) is 62.5 Å². The highest BCUT2D eigenvalue weighted by Crippen LogP contribution is 2.41. The molecule has 9 heterocycles. The van der Waals surface area contributed by atoms with Gasteiger partial charge in [0.2, 0.25) is 17.7 Å². The molecule has 5 N–H and O–H groups in total. The lowest BCUT2D eigenvalue weighted by Crippen LogP contribution is -2.54. The molecule has 77 heavy (non-hydrogen) atoms. The summed E-state index contributed by atoms with van der Waals surface area (Å²) in [5, 5.41) is 36.9. The zero-order valence-corrected chi connectivity index (χ0v) is 44.1. The van der Waals surface area contributed by atoms with Gasteiger partial charge in [-0.05, 0) is 86.5 Å². The number of nitrogens with zero attached hydrogens (tertiary/aromatic N) is 11. The van der Waals surface area contributed by atoms with E-state index < -0.39 is 18.1 Å². The Bertz CT molecular complexity index is 3000. The summed E-state index contributed by atoms with van der Waals surface area (Å²) in [4.78, 5) is 50.0. The third-order valence-corrected chi connectivity index (χ3v) is 16.0. The van der Waals surface area contributed by atoms with Crippen molar-refractivity contribution in [3.63, 3.8) is 0 Å². The quantitative estimate of drug-likeness (QED) is 0.0817. The van der Waals surface area contributed by atoms with E-state index in [9.17, 15) is 19.8 Å². The Kier molecular flexibility index (Phi) is 15.0. The Morgan fingerprint density at radius 1 is 0.870 bits per heavy atom. The molecule has 21 heteroatoms. The standard InChI is InChI=1S/C56H69N13O8/c1-33(2)53(56(73)68-32-40(70)24-47(68)55(72)61-34(3)36-9-12-50(60-29-36)67-20-17-58-35(67)4)49-28-52(64-77-49)74-22-21-65-18-14-41(15-19-65)75-42-25-43(26-42)76-51-23-37(13-16-59-51)69-38-10-11-39(69)31-66(30-38)46-27-45(62-63-54(46)57)44-7-5-6-8-48(44)71/h5-9,12-13,16-17,20,23,27-29,33-34,38-43,47,53,70-71H,10-11,14-15,18-19,21-22,24-26,30-32H2,1-4H3,(H2,57,63)(H,61,72)/t34-,38?,39?,40+,42?,43?,47-,53+/m0/s1. The molecule has 5 aliphatic rings. The van der Waals surface area contributed by atoms with Gasteiger partial charge in [0.25, 0.3) is 5.88 Å². The summed E-state index contributed by atoms with van der Waals surface area (Å²) < 4.78 is 26.6. The molecule has 4 aliphatic heterocycles. The molecule has 21 nitrogen and oxygen atoms in total. The predicted molar refractivity (Wildman–Crippen MR) is 286 cm³/mol. The molecule has 5 fully saturated rings. The number of aromatic nitrogens is 7. The predicted octanol–water partition coefficient (Wildman–Crippen LogP) is 5.61. The number of imidazole rings is 1. The zero-order valence-electron chi connectivity index (χ0n) is 44.1. The smallest absolute Gasteiger partial charge is 0.254 e. The number of rotatable bonds is 18. The number of phenolic OH excluding ortho intramolecular Hbond substituents is 1. The molecule has 4 saturated heterocycles. The van der Waals surface area contributed by atoms with E-state index in [0.29, 0.717) is 47.7 Å². The fraction of sp³-hybridized carbons (Fsp3) is 0.500. The average molecular weight is 1050 g/mol. The number of hydrogen-bond acceptors (Lipinski definition) is 18. The van der Waals surface area contributed by atoms with Crippen molar-refractivity contribution >= 4 is 29.0 Å². The van der Waals surface area contributed by atoms with Crippen LogP contribution in [0.2, 0.25) is 0 Å². The minimum Gasteiger partial charge on any atom is -0.507 e. The summed E-state index contributed by atoms with van der Waals surface area (Å²) in [5.41, 5.74) is 10.4. The highest BCUT2D eigenvalue weighted by atomic mass is 16.5. The van der Waals surface area contributed by atoms with Crippen LogP contribution in [0.1, 0.15) is 94.8 Å². The number of para-hydroxylation sites is 1. The van der Waals surface area contributed by atoms with Crippen molar-refractivity contribution in [3.05, 3.63) is 103 Å². The minimum atomic E-state index is -0.856. The number of aromatic hydroxyl groups is 1. The number of carbonyl (C=O) groups excluding carboxylic acids is 2. The molecule has 0 spiro atoms. The normalized spacial score (nSPS) is 23.5. The second-order valence-corrected chi connectivity index (χ2v) is 21.6. The van der Waals surface area contributed by atoms with E-state index in [-0.39, 0.29) is 72.9 Å². The number of nitrogen functional groups attached to an aromatic ring is 1. The molecule has 6 atom stereocenters. The maximum atomic E-state index is 14.2. The van der Waals surface area contributed by atoms with E-state index in [1.165, 1.54) is 4.90 Å². The summed E-state index contributed by atoms with van der Waals surface area (Å²) in [7, 11) is 0. The fourth-order valence-corrected chi connectivity index (χ4v) is 11.8. The molecule has 11 rings (SSSR count). The first-order chi connectivity index (χ1) is 37.3. The summed E-state index contributed by atoms with van der Waals surface area (Å²) in [6.45, 7) is 12.1. The molecule has 1 saturated carbocycles. The van der Waals surface area contributed by atoms with Gasteiger partial charge in [0, 0.05) is 119 Å². The summed E-state index contributed by atoms with van der Waals surface area (Å²) in [6.07, 6.45) is 12.4. The first-order valence-corrected chi connectivity index (χ1v) is 27.1. The van der Waals surface area contributed by atoms with E-state index in [1.807, 2.05) is 75.0 Å². The van der Waals surface area contributed by atoms with Crippen molar-refractivity contribution in [3.8, 4) is 34.6 Å². The van der Waals surface area contributed by atoms with Gasteiger partial charge >= 0.3 is 0 Å². The number of pyridine rings is 2. The molecular formula is C56H69N13O8. The number of aliphatic hydroxyl groups excluding tert-OH is 1. The number of ether oxygens (including phenoxy) is 3. The monoisotopic (exact) mass is 1050 g/mol. The minimum absolute atomic E-state index is 0.0366. The lowest BCUT2D eigenvalue weighted by molar-refractivity contribution is -0.141. The average Bonchev–Trinajstić information content (AvgIpc) is 4.22. The Labute approximate surface area is 447 Å². The number of nitrogens with two attached hydrogens (primary N) is 1. The van der Waals surface area contributed by atoms with Crippen LogP contribution in [0.5, 0.6) is 17.5 Å². The SMILES string of the molecule is Cc1nccn1-c1ccc([C@H](C)NC(=O)[C@@H]2C[C@@H](O)CN2C(=O)[C@@H](c2cc(OCCN3CCC(OC4CC(Oc5cc(N6C7CCC6CN(c6cc(-c8ccccc8O)nnc6N)C7)ccn5)C4)CC3)no2)C(C)C)cn1. The van der Waals surface area contributed by atoms with Gasteiger partial charge in [-0.2, -0.15) is 0 Å². The highest BCUT2D eigenvalue weighted by Gasteiger charge is 2.45. The van der Waals surface area contributed by atoms with Crippen molar-refractivity contribution in [2.24, 2.45) is 5.92 Å². The largest absolute Gasteiger partial charge is 0.507 e. The van der Waals surface area contributed by atoms with Gasteiger partial charge in [-0.15, -0.1) is 10.2 Å². The lowest BCUT2D eigenvalue weighted by atomic mass is 9.91. The van der Waals surface area contributed by atoms with Crippen molar-refractivity contribution in [2.75, 3.05) is 61.4 Å². The first kappa shape index (κ1) is 51.7. The van der Waals surface area contributed by atoms with Gasteiger partial charge in [-0.25, -0.2) is 15.0 Å². The number of piperidine rings is 1. The number of benzene rings is 1. The molecule has 6 aromatic rings. The number of aryl methyl sites for hydroxylation is 1. The number of hydrogen-bond donors (Lipinski definition) is 4. The second-order valence-electron chi connectivity index (χ2n) is 21.6. The molecular weight excluding hydrogens is 983 g/mol. The van der Waals surface area contributed by atoms with Gasteiger partial charge in [0.1, 0.15) is 42.1 Å². The number of nitrogens with one attached hydrogen (secondary N) is 1. The Morgan fingerprint density at radius 3 is 2.39 bits per heavy atom. The maximum Gasteiger partial charge on any atom is 0.254 e. The van der Waals surface area contributed by atoms with Crippen molar-refractivity contribution in [1.82, 2.24) is 50.0 Å². The molecule has 2 unspecified atom stereocenters. The fourth-order valence-electron chi connectivity index (χ4n) is 11.8. The number of fused-ring (bicyclic) bond motifs is 2. The van der Waals surface area contributed by atoms with E-state index in [4.69, 9.17) is 24.5 Å². The number of aliphatic hydroxyl groups is 1. The Morgan fingerprint density at radius 2 is 1.66 bits per heavy atom. The molecule has 2 bridgehead atoms. The number of piperazine rings is 1. The van der Waals surface area contributed by atoms with Crippen molar-refractivity contribution < 1.29 is 38.5 Å². The Balaban J connectivity index is 0.601. The van der Waals surface area contributed by atoms with Crippen molar-refractivity contribution in [2.45, 2.75) is 127 Å². The van der Waals surface area contributed by atoms with Gasteiger partial charge in [0.15, 0.2) is 11.6 Å². The van der Waals surface area contributed by atoms with Gasteiger partial charge in [-0.3, -0.25) is 19.1 Å². The lowest BCUT2D eigenvalue weighted by Gasteiger charge is -2.43.